The van der Waals surface area contributed by atoms with E-state index in [0.717, 1.165) is 45.2 Å². The van der Waals surface area contributed by atoms with Gasteiger partial charge < -0.3 is 10.1 Å². The van der Waals surface area contributed by atoms with E-state index in [9.17, 15) is 8.42 Å². The lowest BCUT2D eigenvalue weighted by Gasteiger charge is -2.33. The lowest BCUT2D eigenvalue weighted by atomic mass is 10.1. The van der Waals surface area contributed by atoms with E-state index in [2.05, 4.69) is 10.4 Å². The number of hydrogen-bond donors (Lipinski definition) is 1. The zero-order valence-corrected chi connectivity index (χ0v) is 15.2. The van der Waals surface area contributed by atoms with Gasteiger partial charge in [0.25, 0.3) is 0 Å². The van der Waals surface area contributed by atoms with Crippen LogP contribution in [0.1, 0.15) is 45.1 Å². The van der Waals surface area contributed by atoms with Crippen LogP contribution in [0.3, 0.4) is 0 Å². The minimum absolute atomic E-state index is 0.0858. The third-order valence-corrected chi connectivity index (χ3v) is 6.81. The highest BCUT2D eigenvalue weighted by atomic mass is 32.2. The summed E-state index contributed by atoms with van der Waals surface area (Å²) in [4.78, 5) is 0.320. The van der Waals surface area contributed by atoms with Gasteiger partial charge >= 0.3 is 0 Å². The maximum Gasteiger partial charge on any atom is 0.246 e. The van der Waals surface area contributed by atoms with Crippen molar-refractivity contribution >= 4 is 10.0 Å². The SMILES string of the molecule is CCCN(C1CCNCC1)S(=O)(=O)c1cnn(C2CCOCC2)c1. The molecule has 0 amide bonds. The van der Waals surface area contributed by atoms with Crippen LogP contribution in [0.4, 0.5) is 0 Å². The molecule has 0 spiro atoms. The maximum absolute atomic E-state index is 13.1. The molecule has 1 aromatic heterocycles. The second kappa shape index (κ2) is 7.95. The Labute approximate surface area is 144 Å². The summed E-state index contributed by atoms with van der Waals surface area (Å²) >= 11 is 0. The lowest BCUT2D eigenvalue weighted by molar-refractivity contribution is 0.0662. The molecule has 0 bridgehead atoms. The summed E-state index contributed by atoms with van der Waals surface area (Å²) in [5, 5.41) is 7.64. The van der Waals surface area contributed by atoms with Crippen LogP contribution in [0, 0.1) is 0 Å². The van der Waals surface area contributed by atoms with Gasteiger partial charge in [-0.05, 0) is 45.2 Å². The first-order chi connectivity index (χ1) is 11.6. The predicted molar refractivity (Wildman–Crippen MR) is 91.4 cm³/mol. The largest absolute Gasteiger partial charge is 0.381 e. The topological polar surface area (TPSA) is 76.5 Å². The van der Waals surface area contributed by atoms with Gasteiger partial charge in [0.05, 0.1) is 12.2 Å². The third-order valence-electron chi connectivity index (χ3n) is 4.91. The molecule has 3 heterocycles. The van der Waals surface area contributed by atoms with E-state index in [1.165, 1.54) is 6.20 Å². The zero-order chi connectivity index (χ0) is 17.0. The van der Waals surface area contributed by atoms with Crippen LogP contribution in [0.15, 0.2) is 17.3 Å². The summed E-state index contributed by atoms with van der Waals surface area (Å²) in [5.41, 5.74) is 0. The zero-order valence-electron chi connectivity index (χ0n) is 14.4. The molecule has 8 heteroatoms. The van der Waals surface area contributed by atoms with Crippen LogP contribution in [-0.4, -0.2) is 61.4 Å². The molecule has 0 atom stereocenters. The molecule has 0 aliphatic carbocycles. The molecular formula is C16H28N4O3S. The molecule has 1 N–H and O–H groups in total. The summed E-state index contributed by atoms with van der Waals surface area (Å²) in [6.07, 6.45) is 7.53. The lowest BCUT2D eigenvalue weighted by Crippen LogP contribution is -2.46. The molecule has 0 saturated carbocycles. The standard InChI is InChI=1S/C16H28N4O3S/c1-2-9-20(15-3-7-17-8-4-15)24(21,22)16-12-18-19(13-16)14-5-10-23-11-6-14/h12-15,17H,2-11H2,1H3. The quantitative estimate of drug-likeness (QED) is 0.833. The second-order valence-electron chi connectivity index (χ2n) is 6.60. The molecule has 2 fully saturated rings. The van der Waals surface area contributed by atoms with E-state index in [0.29, 0.717) is 24.7 Å². The molecule has 7 nitrogen and oxygen atoms in total. The molecular weight excluding hydrogens is 328 g/mol. The van der Waals surface area contributed by atoms with E-state index in [1.807, 2.05) is 11.6 Å². The van der Waals surface area contributed by atoms with E-state index >= 15 is 0 Å². The van der Waals surface area contributed by atoms with Crippen molar-refractivity contribution in [3.05, 3.63) is 12.4 Å². The number of piperidine rings is 1. The smallest absolute Gasteiger partial charge is 0.246 e. The molecule has 0 radical (unpaired) electrons. The Hall–Kier alpha value is -0.960. The molecule has 136 valence electrons. The highest BCUT2D eigenvalue weighted by Gasteiger charge is 2.33. The molecule has 2 aliphatic rings. The average molecular weight is 356 g/mol. The molecule has 1 aromatic rings. The summed E-state index contributed by atoms with van der Waals surface area (Å²) < 4.78 is 35.2. The fourth-order valence-electron chi connectivity index (χ4n) is 3.55. The number of hydrogen-bond acceptors (Lipinski definition) is 5. The van der Waals surface area contributed by atoms with Gasteiger partial charge in [-0.1, -0.05) is 6.92 Å². The van der Waals surface area contributed by atoms with Crippen LogP contribution in [-0.2, 0) is 14.8 Å². The van der Waals surface area contributed by atoms with Crippen molar-refractivity contribution in [3.8, 4) is 0 Å². The number of nitrogens with one attached hydrogen (secondary N) is 1. The monoisotopic (exact) mass is 356 g/mol. The van der Waals surface area contributed by atoms with E-state index in [-0.39, 0.29) is 12.1 Å². The highest BCUT2D eigenvalue weighted by Crippen LogP contribution is 2.25. The first kappa shape index (κ1) is 17.8. The summed E-state index contributed by atoms with van der Waals surface area (Å²) in [6, 6.07) is 0.323. The van der Waals surface area contributed by atoms with Crippen LogP contribution >= 0.6 is 0 Å². The Morgan fingerprint density at radius 3 is 2.67 bits per heavy atom. The van der Waals surface area contributed by atoms with Crippen molar-refractivity contribution in [2.24, 2.45) is 0 Å². The van der Waals surface area contributed by atoms with E-state index in [1.54, 1.807) is 10.5 Å². The first-order valence-electron chi connectivity index (χ1n) is 8.97. The Morgan fingerprint density at radius 2 is 2.00 bits per heavy atom. The van der Waals surface area contributed by atoms with E-state index < -0.39 is 10.0 Å². The van der Waals surface area contributed by atoms with E-state index in [4.69, 9.17) is 4.74 Å². The third kappa shape index (κ3) is 3.82. The summed E-state index contributed by atoms with van der Waals surface area (Å²) in [5.74, 6) is 0. The maximum atomic E-state index is 13.1. The molecule has 2 saturated heterocycles. The number of ether oxygens (including phenoxy) is 1. The van der Waals surface area contributed by atoms with Gasteiger partial charge in [-0.25, -0.2) is 8.42 Å². The normalized spacial score (nSPS) is 21.4. The van der Waals surface area contributed by atoms with Gasteiger partial charge in [-0.3, -0.25) is 4.68 Å². The van der Waals surface area contributed by atoms with Crippen LogP contribution in [0.2, 0.25) is 0 Å². The van der Waals surface area contributed by atoms with Gasteiger partial charge in [0.1, 0.15) is 4.90 Å². The highest BCUT2D eigenvalue weighted by molar-refractivity contribution is 7.89. The van der Waals surface area contributed by atoms with Gasteiger partial charge in [-0.15, -0.1) is 0 Å². The van der Waals surface area contributed by atoms with Gasteiger partial charge in [-0.2, -0.15) is 9.40 Å². The fraction of sp³-hybridized carbons (Fsp3) is 0.812. The summed E-state index contributed by atoms with van der Waals surface area (Å²) in [6.45, 7) is 5.77. The molecule has 0 unspecified atom stereocenters. The number of aromatic nitrogens is 2. The van der Waals surface area contributed by atoms with Gasteiger partial charge in [0.2, 0.25) is 10.0 Å². The Kier molecular flexibility index (Phi) is 5.91. The first-order valence-corrected chi connectivity index (χ1v) is 10.4. The van der Waals surface area contributed by atoms with Crippen molar-refractivity contribution in [2.75, 3.05) is 32.8 Å². The predicted octanol–water partition coefficient (Wildman–Crippen LogP) is 1.39. The Morgan fingerprint density at radius 1 is 1.29 bits per heavy atom. The van der Waals surface area contributed by atoms with Gasteiger partial charge in [0, 0.05) is 32.0 Å². The average Bonchev–Trinajstić information content (AvgIpc) is 3.12. The van der Waals surface area contributed by atoms with Crippen LogP contribution < -0.4 is 5.32 Å². The number of sulfonamides is 1. The fourth-order valence-corrected chi connectivity index (χ4v) is 5.27. The van der Waals surface area contributed by atoms with Crippen molar-refractivity contribution < 1.29 is 13.2 Å². The Balaban J connectivity index is 1.80. The molecule has 3 rings (SSSR count). The molecule has 24 heavy (non-hydrogen) atoms. The van der Waals surface area contributed by atoms with Crippen LogP contribution in [0.5, 0.6) is 0 Å². The molecule has 0 aromatic carbocycles. The van der Waals surface area contributed by atoms with Gasteiger partial charge in [0.15, 0.2) is 0 Å². The van der Waals surface area contributed by atoms with Crippen molar-refractivity contribution in [2.45, 2.75) is 56.0 Å². The second-order valence-corrected chi connectivity index (χ2v) is 8.49. The molecule has 2 aliphatic heterocycles. The Bertz CT molecular complexity index is 619. The van der Waals surface area contributed by atoms with Crippen molar-refractivity contribution in [1.82, 2.24) is 19.4 Å². The number of nitrogens with zero attached hydrogens (tertiary/aromatic N) is 3. The van der Waals surface area contributed by atoms with Crippen LogP contribution in [0.25, 0.3) is 0 Å². The van der Waals surface area contributed by atoms with Crippen molar-refractivity contribution in [1.29, 1.82) is 0 Å². The summed E-state index contributed by atoms with van der Waals surface area (Å²) in [7, 11) is -3.49. The number of rotatable bonds is 6. The van der Waals surface area contributed by atoms with Crippen molar-refractivity contribution in [3.63, 3.8) is 0 Å². The minimum Gasteiger partial charge on any atom is -0.381 e. The minimum atomic E-state index is -3.49.